The zero-order chi connectivity index (χ0) is 29.3. The minimum atomic E-state index is -4.89. The molecule has 0 aliphatic carbocycles. The van der Waals surface area contributed by atoms with Crippen LogP contribution in [-0.4, -0.2) is 68.1 Å². The largest absolute Gasteiger partial charge is 0.573 e. The molecule has 0 spiro atoms. The first kappa shape index (κ1) is 28.3. The van der Waals surface area contributed by atoms with Gasteiger partial charge in [-0.25, -0.2) is 9.36 Å². The Bertz CT molecular complexity index is 1700. The van der Waals surface area contributed by atoms with Crippen LogP contribution in [0.15, 0.2) is 64.3 Å². The molecule has 0 unspecified atom stereocenters. The summed E-state index contributed by atoms with van der Waals surface area (Å²) in [6.45, 7) is 3.28. The molecule has 14 heteroatoms. The van der Waals surface area contributed by atoms with Crippen LogP contribution in [0, 0.1) is 0 Å². The third-order valence-electron chi connectivity index (χ3n) is 6.61. The van der Waals surface area contributed by atoms with Gasteiger partial charge in [0.2, 0.25) is 0 Å². The second-order valence-corrected chi connectivity index (χ2v) is 9.99. The van der Waals surface area contributed by atoms with Crippen LogP contribution in [0.2, 0.25) is 5.02 Å². The predicted molar refractivity (Wildman–Crippen MR) is 147 cm³/mol. The maximum absolute atomic E-state index is 13.8. The standard InChI is InChI=1S/C27H26ClF3N6O4/c1-33-10-12-35(13-11-33)14-15-36-24(38)22-23(34(2)26(36)39)32-25(37(22)17-18-6-8-19(28)9-7-18)40-20-4-3-5-21(16-20)41-27(29,30)31/h3-9,14-16H,10-13,17H2,1-2H3/b15-14+. The molecule has 2 aromatic carbocycles. The van der Waals surface area contributed by atoms with Crippen molar-refractivity contribution in [2.45, 2.75) is 12.9 Å². The van der Waals surface area contributed by atoms with E-state index >= 15 is 0 Å². The molecule has 1 aliphatic rings. The molecule has 0 saturated carbocycles. The first-order chi connectivity index (χ1) is 19.5. The van der Waals surface area contributed by atoms with Crippen molar-refractivity contribution in [3.05, 3.63) is 86.2 Å². The molecular weight excluding hydrogens is 565 g/mol. The normalized spacial score (nSPS) is 14.7. The number of ether oxygens (including phenoxy) is 2. The quantitative estimate of drug-likeness (QED) is 0.322. The summed E-state index contributed by atoms with van der Waals surface area (Å²) in [5.41, 5.74) is -0.380. The number of aryl methyl sites for hydroxylation is 1. The summed E-state index contributed by atoms with van der Waals surface area (Å²) in [5, 5.41) is 0.515. The van der Waals surface area contributed by atoms with Gasteiger partial charge in [0.1, 0.15) is 11.5 Å². The van der Waals surface area contributed by atoms with Crippen molar-refractivity contribution in [3.63, 3.8) is 0 Å². The number of nitrogens with zero attached hydrogens (tertiary/aromatic N) is 6. The summed E-state index contributed by atoms with van der Waals surface area (Å²) in [5.74, 6) is -0.501. The molecule has 41 heavy (non-hydrogen) atoms. The maximum Gasteiger partial charge on any atom is 0.573 e. The zero-order valence-electron chi connectivity index (χ0n) is 22.1. The summed E-state index contributed by atoms with van der Waals surface area (Å²) in [7, 11) is 3.50. The zero-order valence-corrected chi connectivity index (χ0v) is 22.9. The van der Waals surface area contributed by atoms with Gasteiger partial charge in [0.15, 0.2) is 11.2 Å². The highest BCUT2D eigenvalue weighted by Gasteiger charge is 2.31. The van der Waals surface area contributed by atoms with E-state index in [1.54, 1.807) is 30.5 Å². The SMILES string of the molecule is CN1CCN(/C=C/n2c(=O)c3c(nc(Oc4cccc(OC(F)(F)F)c4)n3Cc3ccc(Cl)cc3)n(C)c2=O)CC1. The Morgan fingerprint density at radius 3 is 2.34 bits per heavy atom. The molecule has 0 amide bonds. The number of hydrogen-bond donors (Lipinski definition) is 0. The number of imidazole rings is 1. The van der Waals surface area contributed by atoms with Gasteiger partial charge in [-0.2, -0.15) is 4.98 Å². The van der Waals surface area contributed by atoms with Crippen LogP contribution < -0.4 is 20.7 Å². The molecule has 1 aliphatic heterocycles. The first-order valence-corrected chi connectivity index (χ1v) is 13.0. The van der Waals surface area contributed by atoms with Gasteiger partial charge in [0.25, 0.3) is 5.56 Å². The number of fused-ring (bicyclic) bond motifs is 1. The summed E-state index contributed by atoms with van der Waals surface area (Å²) in [6, 6.07) is 11.7. The number of aromatic nitrogens is 4. The van der Waals surface area contributed by atoms with Crippen molar-refractivity contribution in [2.75, 3.05) is 33.2 Å². The van der Waals surface area contributed by atoms with Gasteiger partial charge in [-0.3, -0.25) is 13.9 Å². The Morgan fingerprint density at radius 2 is 1.66 bits per heavy atom. The fraction of sp³-hybridized carbons (Fsp3) is 0.296. The molecule has 0 N–H and O–H groups in total. The van der Waals surface area contributed by atoms with E-state index in [1.807, 2.05) is 11.9 Å². The lowest BCUT2D eigenvalue weighted by molar-refractivity contribution is -0.274. The molecule has 10 nitrogen and oxygen atoms in total. The van der Waals surface area contributed by atoms with Gasteiger partial charge in [-0.15, -0.1) is 13.2 Å². The Kier molecular flexibility index (Phi) is 7.82. The topological polar surface area (TPSA) is 86.8 Å². The molecule has 0 atom stereocenters. The van der Waals surface area contributed by atoms with E-state index in [9.17, 15) is 22.8 Å². The minimum Gasteiger partial charge on any atom is -0.425 e. The van der Waals surface area contributed by atoms with Gasteiger partial charge >= 0.3 is 18.1 Å². The second kappa shape index (κ2) is 11.3. The van der Waals surface area contributed by atoms with Gasteiger partial charge in [-0.1, -0.05) is 29.8 Å². The Labute approximate surface area is 237 Å². The van der Waals surface area contributed by atoms with Crippen molar-refractivity contribution in [2.24, 2.45) is 7.05 Å². The number of hydrogen-bond acceptors (Lipinski definition) is 7. The molecule has 2 aromatic heterocycles. The Hall–Kier alpha value is -4.23. The number of piperazine rings is 1. The molecule has 5 rings (SSSR count). The molecule has 3 heterocycles. The van der Waals surface area contributed by atoms with E-state index in [2.05, 4.69) is 14.6 Å². The average Bonchev–Trinajstić information content (AvgIpc) is 3.26. The third kappa shape index (κ3) is 6.41. The predicted octanol–water partition coefficient (Wildman–Crippen LogP) is 3.96. The molecule has 0 bridgehead atoms. The number of likely N-dealkylation sites (N-methyl/N-ethyl adjacent to an activating group) is 1. The highest BCUT2D eigenvalue weighted by atomic mass is 35.5. The summed E-state index contributed by atoms with van der Waals surface area (Å²) >= 11 is 6.04. The second-order valence-electron chi connectivity index (χ2n) is 9.56. The van der Waals surface area contributed by atoms with Crippen LogP contribution in [0.3, 0.4) is 0 Å². The molecule has 4 aromatic rings. The first-order valence-electron chi connectivity index (χ1n) is 12.6. The molecular formula is C27H26ClF3N6O4. The van der Waals surface area contributed by atoms with Crippen molar-refractivity contribution >= 4 is 29.0 Å². The van der Waals surface area contributed by atoms with Crippen molar-refractivity contribution in [1.29, 1.82) is 0 Å². The van der Waals surface area contributed by atoms with Gasteiger partial charge in [0, 0.05) is 56.7 Å². The van der Waals surface area contributed by atoms with Crippen LogP contribution in [-0.2, 0) is 13.6 Å². The van der Waals surface area contributed by atoms with E-state index in [0.29, 0.717) is 5.02 Å². The van der Waals surface area contributed by atoms with E-state index in [0.717, 1.165) is 48.4 Å². The van der Waals surface area contributed by atoms with E-state index in [1.165, 1.54) is 34.5 Å². The van der Waals surface area contributed by atoms with Crippen molar-refractivity contribution < 1.29 is 22.6 Å². The lowest BCUT2D eigenvalue weighted by Gasteiger charge is -2.31. The fourth-order valence-corrected chi connectivity index (χ4v) is 4.54. The number of benzene rings is 2. The maximum atomic E-state index is 13.8. The highest BCUT2D eigenvalue weighted by Crippen LogP contribution is 2.30. The van der Waals surface area contributed by atoms with Gasteiger partial charge < -0.3 is 19.3 Å². The van der Waals surface area contributed by atoms with Crippen molar-refractivity contribution in [3.8, 4) is 17.5 Å². The number of halogens is 4. The smallest absolute Gasteiger partial charge is 0.425 e. The highest BCUT2D eigenvalue weighted by molar-refractivity contribution is 6.30. The Balaban J connectivity index is 1.61. The minimum absolute atomic E-state index is 0.0142. The monoisotopic (exact) mass is 590 g/mol. The fourth-order valence-electron chi connectivity index (χ4n) is 4.42. The summed E-state index contributed by atoms with van der Waals surface area (Å²) < 4.78 is 51.9. The Morgan fingerprint density at radius 1 is 0.976 bits per heavy atom. The lowest BCUT2D eigenvalue weighted by Crippen LogP contribution is -2.42. The molecule has 216 valence electrons. The van der Waals surface area contributed by atoms with Gasteiger partial charge in [0.05, 0.1) is 6.54 Å². The van der Waals surface area contributed by atoms with Crippen LogP contribution in [0.4, 0.5) is 13.2 Å². The lowest BCUT2D eigenvalue weighted by atomic mass is 10.2. The molecule has 1 saturated heterocycles. The van der Waals surface area contributed by atoms with Crippen LogP contribution >= 0.6 is 11.6 Å². The van der Waals surface area contributed by atoms with Crippen LogP contribution in [0.5, 0.6) is 17.5 Å². The van der Waals surface area contributed by atoms with Crippen LogP contribution in [0.1, 0.15) is 5.56 Å². The average molecular weight is 591 g/mol. The molecule has 1 fully saturated rings. The van der Waals surface area contributed by atoms with E-state index < -0.39 is 23.4 Å². The summed E-state index contributed by atoms with van der Waals surface area (Å²) in [4.78, 5) is 35.6. The third-order valence-corrected chi connectivity index (χ3v) is 6.86. The molecule has 0 radical (unpaired) electrons. The number of rotatable bonds is 7. The van der Waals surface area contributed by atoms with Crippen molar-refractivity contribution in [1.82, 2.24) is 28.5 Å². The number of alkyl halides is 3. The van der Waals surface area contributed by atoms with Crippen LogP contribution in [0.25, 0.3) is 17.4 Å². The van der Waals surface area contributed by atoms with E-state index in [-0.39, 0.29) is 29.5 Å². The summed E-state index contributed by atoms with van der Waals surface area (Å²) in [6.07, 6.45) is -1.74. The van der Waals surface area contributed by atoms with Gasteiger partial charge in [-0.05, 0) is 36.9 Å². The van der Waals surface area contributed by atoms with E-state index in [4.69, 9.17) is 16.3 Å².